The molecule has 7 nitrogen and oxygen atoms in total. The van der Waals surface area contributed by atoms with Crippen molar-refractivity contribution in [3.8, 4) is 0 Å². The van der Waals surface area contributed by atoms with Crippen LogP contribution in [0.25, 0.3) is 0 Å². The average molecular weight is 442 g/mol. The van der Waals surface area contributed by atoms with Gasteiger partial charge >= 0.3 is 0 Å². The molecule has 8 heteroatoms. The first kappa shape index (κ1) is 21.9. The second kappa shape index (κ2) is 9.85. The van der Waals surface area contributed by atoms with Gasteiger partial charge in [0.2, 0.25) is 11.8 Å². The molecule has 1 aromatic heterocycles. The molecule has 1 saturated heterocycles. The van der Waals surface area contributed by atoms with Crippen molar-refractivity contribution >= 4 is 29.3 Å². The standard InChI is InChI=1S/C23H31N5O2S/c1-3-28-20(15-27-13-6-4-5-10-21(27)29)25-26-23(28)31-16(2)22(30)24-19-12-11-17-8-7-9-18(17)14-19/h11-12,14,16H,3-10,13,15H2,1-2H3,(H,24,30). The number of aromatic nitrogens is 3. The smallest absolute Gasteiger partial charge is 0.237 e. The van der Waals surface area contributed by atoms with Crippen LogP contribution in [0.15, 0.2) is 23.4 Å². The molecule has 0 spiro atoms. The summed E-state index contributed by atoms with van der Waals surface area (Å²) in [6, 6.07) is 6.21. The van der Waals surface area contributed by atoms with Crippen LogP contribution in [0, 0.1) is 0 Å². The van der Waals surface area contributed by atoms with Crippen molar-refractivity contribution in [3.05, 3.63) is 35.2 Å². The number of amides is 2. The third kappa shape index (κ3) is 5.11. The number of aryl methyl sites for hydroxylation is 2. The molecular formula is C23H31N5O2S. The molecule has 1 N–H and O–H groups in total. The lowest BCUT2D eigenvalue weighted by molar-refractivity contribution is -0.131. The summed E-state index contributed by atoms with van der Waals surface area (Å²) in [6.07, 6.45) is 7.12. The van der Waals surface area contributed by atoms with Gasteiger partial charge in [0.05, 0.1) is 11.8 Å². The minimum absolute atomic E-state index is 0.0437. The fourth-order valence-electron chi connectivity index (χ4n) is 4.32. The van der Waals surface area contributed by atoms with Gasteiger partial charge in [-0.1, -0.05) is 24.2 Å². The number of hydrogen-bond donors (Lipinski definition) is 1. The molecule has 4 rings (SSSR count). The molecule has 2 aliphatic rings. The first-order valence-electron chi connectivity index (χ1n) is 11.3. The maximum atomic E-state index is 12.8. The summed E-state index contributed by atoms with van der Waals surface area (Å²) in [5.74, 6) is 0.934. The highest BCUT2D eigenvalue weighted by molar-refractivity contribution is 8.00. The molecule has 1 aliphatic carbocycles. The number of rotatable bonds is 7. The summed E-state index contributed by atoms with van der Waals surface area (Å²) >= 11 is 1.41. The summed E-state index contributed by atoms with van der Waals surface area (Å²) in [7, 11) is 0. The number of fused-ring (bicyclic) bond motifs is 1. The number of thioether (sulfide) groups is 1. The van der Waals surface area contributed by atoms with Gasteiger partial charge in [0.1, 0.15) is 0 Å². The monoisotopic (exact) mass is 441 g/mol. The highest BCUT2D eigenvalue weighted by atomic mass is 32.2. The minimum atomic E-state index is -0.310. The van der Waals surface area contributed by atoms with Crippen molar-refractivity contribution < 1.29 is 9.59 Å². The Bertz CT molecular complexity index is 957. The zero-order chi connectivity index (χ0) is 21.8. The van der Waals surface area contributed by atoms with Crippen molar-refractivity contribution in [1.29, 1.82) is 0 Å². The van der Waals surface area contributed by atoms with Crippen LogP contribution in [0.1, 0.15) is 62.9 Å². The molecule has 1 atom stereocenters. The Labute approximate surface area is 188 Å². The van der Waals surface area contributed by atoms with Crippen molar-refractivity contribution in [2.45, 2.75) is 82.3 Å². The van der Waals surface area contributed by atoms with Gasteiger partial charge in [-0.25, -0.2) is 0 Å². The van der Waals surface area contributed by atoms with Gasteiger partial charge in [0.15, 0.2) is 11.0 Å². The van der Waals surface area contributed by atoms with E-state index < -0.39 is 0 Å². The van der Waals surface area contributed by atoms with E-state index in [1.165, 1.54) is 29.3 Å². The van der Waals surface area contributed by atoms with Gasteiger partial charge in [0.25, 0.3) is 0 Å². The number of benzene rings is 1. The van der Waals surface area contributed by atoms with Crippen molar-refractivity contribution in [2.24, 2.45) is 0 Å². The molecule has 2 heterocycles. The maximum absolute atomic E-state index is 12.8. The van der Waals surface area contributed by atoms with Crippen molar-refractivity contribution in [3.63, 3.8) is 0 Å². The molecule has 2 aromatic rings. The number of hydrogen-bond acceptors (Lipinski definition) is 5. The summed E-state index contributed by atoms with van der Waals surface area (Å²) in [6.45, 7) is 5.88. The van der Waals surface area contributed by atoms with E-state index in [9.17, 15) is 9.59 Å². The van der Waals surface area contributed by atoms with E-state index in [1.54, 1.807) is 0 Å². The summed E-state index contributed by atoms with van der Waals surface area (Å²) in [5.41, 5.74) is 3.60. The molecule has 0 bridgehead atoms. The SMILES string of the molecule is CCn1c(CN2CCCCCC2=O)nnc1SC(C)C(=O)Nc1ccc2c(c1)CCC2. The van der Waals surface area contributed by atoms with Crippen LogP contribution < -0.4 is 5.32 Å². The van der Waals surface area contributed by atoms with Gasteiger partial charge in [-0.15, -0.1) is 10.2 Å². The second-order valence-electron chi connectivity index (χ2n) is 8.36. The molecule has 31 heavy (non-hydrogen) atoms. The van der Waals surface area contributed by atoms with Crippen LogP contribution in [0.5, 0.6) is 0 Å². The lowest BCUT2D eigenvalue weighted by Gasteiger charge is -2.20. The van der Waals surface area contributed by atoms with Crippen LogP contribution >= 0.6 is 11.8 Å². The highest BCUT2D eigenvalue weighted by Gasteiger charge is 2.23. The Morgan fingerprint density at radius 3 is 2.81 bits per heavy atom. The fourth-order valence-corrected chi connectivity index (χ4v) is 5.25. The van der Waals surface area contributed by atoms with E-state index >= 15 is 0 Å². The Morgan fingerprint density at radius 2 is 1.97 bits per heavy atom. The third-order valence-corrected chi connectivity index (χ3v) is 7.21. The first-order chi connectivity index (χ1) is 15.0. The molecular weight excluding hydrogens is 410 g/mol. The number of carbonyl (C=O) groups excluding carboxylic acids is 2. The van der Waals surface area contributed by atoms with Gasteiger partial charge in [-0.2, -0.15) is 0 Å². The zero-order valence-electron chi connectivity index (χ0n) is 18.4. The number of likely N-dealkylation sites (tertiary alicyclic amines) is 1. The Balaban J connectivity index is 1.40. The van der Waals surface area contributed by atoms with E-state index in [4.69, 9.17) is 0 Å². The minimum Gasteiger partial charge on any atom is -0.335 e. The lowest BCUT2D eigenvalue weighted by Crippen LogP contribution is -2.31. The van der Waals surface area contributed by atoms with Gasteiger partial charge in [-0.3, -0.25) is 9.59 Å². The van der Waals surface area contributed by atoms with E-state index in [-0.39, 0.29) is 17.1 Å². The molecule has 0 saturated carbocycles. The van der Waals surface area contributed by atoms with Crippen LogP contribution in [0.3, 0.4) is 0 Å². The van der Waals surface area contributed by atoms with Crippen molar-refractivity contribution in [1.82, 2.24) is 19.7 Å². The summed E-state index contributed by atoms with van der Waals surface area (Å²) in [5, 5.41) is 12.1. The number of anilines is 1. The maximum Gasteiger partial charge on any atom is 0.237 e. The highest BCUT2D eigenvalue weighted by Crippen LogP contribution is 2.27. The summed E-state index contributed by atoms with van der Waals surface area (Å²) < 4.78 is 2.02. The Kier molecular flexibility index (Phi) is 6.95. The Morgan fingerprint density at radius 1 is 1.13 bits per heavy atom. The zero-order valence-corrected chi connectivity index (χ0v) is 19.2. The number of nitrogens with one attached hydrogen (secondary N) is 1. The quantitative estimate of drug-likeness (QED) is 0.661. The van der Waals surface area contributed by atoms with Gasteiger partial charge < -0.3 is 14.8 Å². The predicted octanol–water partition coefficient (Wildman–Crippen LogP) is 3.81. The van der Waals surface area contributed by atoms with Crippen LogP contribution in [-0.2, 0) is 35.5 Å². The molecule has 0 radical (unpaired) electrons. The van der Waals surface area contributed by atoms with Crippen LogP contribution in [-0.4, -0.2) is 43.3 Å². The molecule has 166 valence electrons. The first-order valence-corrected chi connectivity index (χ1v) is 12.2. The Hall–Kier alpha value is -2.35. The van der Waals surface area contributed by atoms with Crippen LogP contribution in [0.4, 0.5) is 5.69 Å². The topological polar surface area (TPSA) is 80.1 Å². The normalized spacial score (nSPS) is 17.4. The number of nitrogens with zero attached hydrogens (tertiary/aromatic N) is 4. The van der Waals surface area contributed by atoms with Crippen molar-refractivity contribution in [2.75, 3.05) is 11.9 Å². The molecule has 2 amide bonds. The average Bonchev–Trinajstić information content (AvgIpc) is 3.32. The van der Waals surface area contributed by atoms with Gasteiger partial charge in [0, 0.05) is 25.2 Å². The van der Waals surface area contributed by atoms with E-state index in [2.05, 4.69) is 27.6 Å². The van der Waals surface area contributed by atoms with Gasteiger partial charge in [-0.05, 0) is 69.2 Å². The second-order valence-corrected chi connectivity index (χ2v) is 9.66. The van der Waals surface area contributed by atoms with E-state index in [1.807, 2.05) is 29.4 Å². The molecule has 1 fully saturated rings. The molecule has 1 unspecified atom stereocenters. The fraction of sp³-hybridized carbons (Fsp3) is 0.565. The van der Waals surface area contributed by atoms with E-state index in [0.29, 0.717) is 19.5 Å². The molecule has 1 aromatic carbocycles. The third-order valence-electron chi connectivity index (χ3n) is 6.13. The molecule has 1 aliphatic heterocycles. The summed E-state index contributed by atoms with van der Waals surface area (Å²) in [4.78, 5) is 27.0. The van der Waals surface area contributed by atoms with E-state index in [0.717, 1.165) is 55.3 Å². The number of carbonyl (C=O) groups is 2. The lowest BCUT2D eigenvalue weighted by atomic mass is 10.1. The van der Waals surface area contributed by atoms with Crippen LogP contribution in [0.2, 0.25) is 0 Å². The predicted molar refractivity (Wildman–Crippen MR) is 122 cm³/mol. The largest absolute Gasteiger partial charge is 0.335 e.